The highest BCUT2D eigenvalue weighted by Crippen LogP contribution is 2.69. The van der Waals surface area contributed by atoms with Crippen molar-refractivity contribution in [1.82, 2.24) is 0 Å². The van der Waals surface area contributed by atoms with Gasteiger partial charge in [-0.15, -0.1) is 0 Å². The molecule has 0 aliphatic heterocycles. The summed E-state index contributed by atoms with van der Waals surface area (Å²) in [4.78, 5) is 0. The van der Waals surface area contributed by atoms with E-state index in [1.807, 2.05) is 91.0 Å². The van der Waals surface area contributed by atoms with Crippen molar-refractivity contribution in [2.45, 2.75) is 5.16 Å². The molecule has 4 heteroatoms. The molecule has 0 fully saturated rings. The maximum Gasteiger partial charge on any atom is 0.349 e. The van der Waals surface area contributed by atoms with Gasteiger partial charge in [0.1, 0.15) is 5.16 Å². The van der Waals surface area contributed by atoms with Crippen molar-refractivity contribution in [3.05, 3.63) is 108 Å². The van der Waals surface area contributed by atoms with Crippen LogP contribution in [0, 0.1) is 0 Å². The highest BCUT2D eigenvalue weighted by Gasteiger charge is 2.54. The Morgan fingerprint density at radius 2 is 0.880 bits per heavy atom. The van der Waals surface area contributed by atoms with Crippen LogP contribution in [0.3, 0.4) is 0 Å². The van der Waals surface area contributed by atoms with Crippen molar-refractivity contribution >= 4 is 7.60 Å². The smallest absolute Gasteiger partial charge is 0.311 e. The molecule has 25 heavy (non-hydrogen) atoms. The van der Waals surface area contributed by atoms with Crippen LogP contribution in [0.4, 0.5) is 0 Å². The summed E-state index contributed by atoms with van der Waals surface area (Å²) in [7, 11) is -0.711. The van der Waals surface area contributed by atoms with Crippen LogP contribution in [-0.4, -0.2) is 14.2 Å². The standard InChI is InChI=1S/C21H21O3P/c1-23-25(22,24-2)21(18-12-6-3-7-13-18,19-14-8-4-9-15-19)20-16-10-5-11-17-20/h3-17H,1-2H3. The third-order valence-corrected chi connectivity index (χ3v) is 7.02. The van der Waals surface area contributed by atoms with Gasteiger partial charge in [-0.1, -0.05) is 91.0 Å². The van der Waals surface area contributed by atoms with Crippen LogP contribution in [0.5, 0.6) is 0 Å². The number of benzene rings is 3. The van der Waals surface area contributed by atoms with E-state index < -0.39 is 12.8 Å². The molecule has 3 aromatic rings. The molecule has 0 heterocycles. The lowest BCUT2D eigenvalue weighted by molar-refractivity contribution is 0.259. The largest absolute Gasteiger partial charge is 0.349 e. The van der Waals surface area contributed by atoms with Crippen LogP contribution in [0.1, 0.15) is 16.7 Å². The Kier molecular flexibility index (Phi) is 5.19. The first kappa shape index (κ1) is 17.6. The molecule has 0 aliphatic rings. The van der Waals surface area contributed by atoms with Crippen molar-refractivity contribution in [3.8, 4) is 0 Å². The summed E-state index contributed by atoms with van der Waals surface area (Å²) in [6, 6.07) is 29.2. The summed E-state index contributed by atoms with van der Waals surface area (Å²) in [5, 5.41) is -1.06. The lowest BCUT2D eigenvalue weighted by atomic mass is 9.84. The molecule has 0 aromatic heterocycles. The van der Waals surface area contributed by atoms with E-state index in [2.05, 4.69) is 0 Å². The van der Waals surface area contributed by atoms with Gasteiger partial charge in [0.25, 0.3) is 0 Å². The average Bonchev–Trinajstić information content (AvgIpc) is 2.71. The third-order valence-electron chi connectivity index (χ3n) is 4.47. The molecule has 0 radical (unpaired) electrons. The van der Waals surface area contributed by atoms with E-state index in [0.717, 1.165) is 16.7 Å². The normalized spacial score (nSPS) is 12.1. The van der Waals surface area contributed by atoms with Gasteiger partial charge in [0.15, 0.2) is 0 Å². The van der Waals surface area contributed by atoms with Gasteiger partial charge in [-0.3, -0.25) is 4.57 Å². The van der Waals surface area contributed by atoms with E-state index >= 15 is 0 Å². The summed E-state index contributed by atoms with van der Waals surface area (Å²) in [6.45, 7) is 0. The predicted molar refractivity (Wildman–Crippen MR) is 101 cm³/mol. The second kappa shape index (κ2) is 7.37. The lowest BCUT2D eigenvalue weighted by Crippen LogP contribution is -2.30. The Labute approximate surface area is 148 Å². The van der Waals surface area contributed by atoms with Crippen molar-refractivity contribution < 1.29 is 13.6 Å². The molecule has 0 spiro atoms. The Morgan fingerprint density at radius 3 is 1.12 bits per heavy atom. The summed E-state index contributed by atoms with van der Waals surface area (Å²) < 4.78 is 25.0. The quantitative estimate of drug-likeness (QED) is 0.436. The molecule has 0 unspecified atom stereocenters. The monoisotopic (exact) mass is 352 g/mol. The van der Waals surface area contributed by atoms with E-state index in [1.54, 1.807) is 0 Å². The Balaban J connectivity index is 2.47. The zero-order chi connectivity index (χ0) is 17.8. The molecule has 3 nitrogen and oxygen atoms in total. The summed E-state index contributed by atoms with van der Waals surface area (Å²) >= 11 is 0. The van der Waals surface area contributed by atoms with Crippen LogP contribution >= 0.6 is 7.60 Å². The highest BCUT2D eigenvalue weighted by atomic mass is 31.2. The molecule has 3 rings (SSSR count). The van der Waals surface area contributed by atoms with Crippen LogP contribution in [0.2, 0.25) is 0 Å². The Bertz CT molecular complexity index is 743. The zero-order valence-electron chi connectivity index (χ0n) is 14.3. The molecule has 0 saturated heterocycles. The maximum absolute atomic E-state index is 13.9. The third kappa shape index (κ3) is 2.85. The fourth-order valence-electron chi connectivity index (χ4n) is 3.36. The number of rotatable bonds is 6. The van der Waals surface area contributed by atoms with Crippen LogP contribution in [0.25, 0.3) is 0 Å². The molecular weight excluding hydrogens is 331 g/mol. The van der Waals surface area contributed by atoms with Crippen molar-refractivity contribution in [2.75, 3.05) is 14.2 Å². The van der Waals surface area contributed by atoms with Gasteiger partial charge in [-0.2, -0.15) is 0 Å². The predicted octanol–water partition coefficient (Wildman–Crippen LogP) is 5.46. The van der Waals surface area contributed by atoms with Crippen LogP contribution in [-0.2, 0) is 18.8 Å². The first-order valence-electron chi connectivity index (χ1n) is 8.07. The first-order valence-corrected chi connectivity index (χ1v) is 9.61. The molecule has 0 amide bonds. The van der Waals surface area contributed by atoms with Crippen molar-refractivity contribution in [2.24, 2.45) is 0 Å². The molecule has 0 bridgehead atoms. The topological polar surface area (TPSA) is 35.5 Å². The summed E-state index contributed by atoms with van der Waals surface area (Å²) in [5.41, 5.74) is 2.58. The summed E-state index contributed by atoms with van der Waals surface area (Å²) in [5.74, 6) is 0. The number of hydrogen-bond acceptors (Lipinski definition) is 3. The molecule has 0 saturated carbocycles. The average molecular weight is 352 g/mol. The van der Waals surface area contributed by atoms with E-state index in [1.165, 1.54) is 14.2 Å². The van der Waals surface area contributed by atoms with Crippen LogP contribution < -0.4 is 0 Å². The molecule has 3 aromatic carbocycles. The molecule has 0 aliphatic carbocycles. The highest BCUT2D eigenvalue weighted by molar-refractivity contribution is 7.55. The van der Waals surface area contributed by atoms with Gasteiger partial charge in [0.05, 0.1) is 0 Å². The van der Waals surface area contributed by atoms with E-state index in [4.69, 9.17) is 9.05 Å². The minimum Gasteiger partial charge on any atom is -0.311 e. The van der Waals surface area contributed by atoms with Gasteiger partial charge in [-0.05, 0) is 16.7 Å². The van der Waals surface area contributed by atoms with Crippen molar-refractivity contribution in [3.63, 3.8) is 0 Å². The van der Waals surface area contributed by atoms with E-state index in [-0.39, 0.29) is 0 Å². The lowest BCUT2D eigenvalue weighted by Gasteiger charge is -2.39. The van der Waals surface area contributed by atoms with Gasteiger partial charge in [-0.25, -0.2) is 0 Å². The minimum absolute atomic E-state index is 0.861. The van der Waals surface area contributed by atoms with E-state index in [9.17, 15) is 4.57 Å². The molecule has 128 valence electrons. The summed E-state index contributed by atoms with van der Waals surface area (Å²) in [6.07, 6.45) is 0. The van der Waals surface area contributed by atoms with Crippen LogP contribution in [0.15, 0.2) is 91.0 Å². The SMILES string of the molecule is COP(=O)(OC)C(c1ccccc1)(c1ccccc1)c1ccccc1. The minimum atomic E-state index is -3.59. The molecule has 0 atom stereocenters. The van der Waals surface area contributed by atoms with E-state index in [0.29, 0.717) is 0 Å². The second-order valence-electron chi connectivity index (χ2n) is 5.67. The Morgan fingerprint density at radius 1 is 0.600 bits per heavy atom. The number of hydrogen-bond donors (Lipinski definition) is 0. The Hall–Kier alpha value is -2.19. The van der Waals surface area contributed by atoms with Crippen molar-refractivity contribution in [1.29, 1.82) is 0 Å². The molecular formula is C21H21O3P. The maximum atomic E-state index is 13.9. The van der Waals surface area contributed by atoms with Gasteiger partial charge in [0, 0.05) is 14.2 Å². The first-order chi connectivity index (χ1) is 12.2. The zero-order valence-corrected chi connectivity index (χ0v) is 15.2. The second-order valence-corrected chi connectivity index (χ2v) is 8.07. The van der Waals surface area contributed by atoms with Gasteiger partial charge >= 0.3 is 7.60 Å². The fourth-order valence-corrected chi connectivity index (χ4v) is 5.45. The van der Waals surface area contributed by atoms with Gasteiger partial charge < -0.3 is 9.05 Å². The van der Waals surface area contributed by atoms with Gasteiger partial charge in [0.2, 0.25) is 0 Å². The molecule has 0 N–H and O–H groups in total. The fraction of sp³-hybridized carbons (Fsp3) is 0.143.